The number of piperidine rings is 1. The van der Waals surface area contributed by atoms with Crippen LogP contribution in [0, 0.1) is 0 Å². The number of carbonyl (C=O) groups is 1. The van der Waals surface area contributed by atoms with Gasteiger partial charge in [0.25, 0.3) is 0 Å². The molecule has 208 valence electrons. The third kappa shape index (κ3) is 6.28. The van der Waals surface area contributed by atoms with E-state index in [1.54, 1.807) is 19.2 Å². The van der Waals surface area contributed by atoms with Gasteiger partial charge in [-0.3, -0.25) is 0 Å². The molecule has 2 fully saturated rings. The van der Waals surface area contributed by atoms with Crippen molar-refractivity contribution >= 4 is 16.9 Å². The molecule has 9 heteroatoms. The standard InChI is InChI=1S/C30H35NO8/c1-30(2)38-18-23(39-30)17-37-27-15-31(29(33)34)14-26(28(27)20-8-10-22(32)11-9-20)36-16-19-12-21-6-4-5-7-24(21)25(13-19)35-3/h4-13,23,26-28,32H,14-18H2,1-3H3,(H,33,34)/t23-,26-,27+,28+/m0/s1. The fourth-order valence-electron chi connectivity index (χ4n) is 5.44. The molecule has 2 N–H and O–H groups in total. The number of hydrogen-bond acceptors (Lipinski definition) is 7. The summed E-state index contributed by atoms with van der Waals surface area (Å²) in [4.78, 5) is 13.4. The molecule has 0 radical (unpaired) electrons. The Balaban J connectivity index is 1.41. The molecule has 3 aromatic carbocycles. The molecule has 2 heterocycles. The molecule has 0 unspecified atom stereocenters. The molecule has 0 aliphatic carbocycles. The zero-order valence-corrected chi connectivity index (χ0v) is 22.4. The molecule has 2 aliphatic rings. The van der Waals surface area contributed by atoms with Gasteiger partial charge in [-0.05, 0) is 54.6 Å². The van der Waals surface area contributed by atoms with E-state index in [0.29, 0.717) is 6.61 Å². The number of rotatable bonds is 8. The molecule has 39 heavy (non-hydrogen) atoms. The van der Waals surface area contributed by atoms with Crippen molar-refractivity contribution in [1.82, 2.24) is 4.90 Å². The van der Waals surface area contributed by atoms with Gasteiger partial charge < -0.3 is 38.8 Å². The molecule has 0 saturated carbocycles. The summed E-state index contributed by atoms with van der Waals surface area (Å²) in [6.07, 6.45) is -2.29. The number of hydrogen-bond donors (Lipinski definition) is 2. The first-order chi connectivity index (χ1) is 18.7. The van der Waals surface area contributed by atoms with Gasteiger partial charge in [0.2, 0.25) is 0 Å². The van der Waals surface area contributed by atoms with E-state index in [9.17, 15) is 15.0 Å². The summed E-state index contributed by atoms with van der Waals surface area (Å²) in [5, 5.41) is 21.8. The largest absolute Gasteiger partial charge is 0.508 e. The van der Waals surface area contributed by atoms with E-state index in [2.05, 4.69) is 6.07 Å². The summed E-state index contributed by atoms with van der Waals surface area (Å²) in [5.41, 5.74) is 1.81. The number of fused-ring (bicyclic) bond motifs is 1. The van der Waals surface area contributed by atoms with Crippen LogP contribution in [0.1, 0.15) is 30.9 Å². The van der Waals surface area contributed by atoms with Gasteiger partial charge in [-0.2, -0.15) is 0 Å². The minimum absolute atomic E-state index is 0.152. The van der Waals surface area contributed by atoms with Crippen molar-refractivity contribution in [2.24, 2.45) is 0 Å². The van der Waals surface area contributed by atoms with Crippen molar-refractivity contribution in [2.75, 3.05) is 33.4 Å². The van der Waals surface area contributed by atoms with Gasteiger partial charge in [-0.15, -0.1) is 0 Å². The Morgan fingerprint density at radius 2 is 1.77 bits per heavy atom. The second kappa shape index (κ2) is 11.4. The SMILES string of the molecule is COc1cc(CO[C@H]2CN(C(=O)O)C[C@@H](OC[C@H]3COC(C)(C)O3)[C@@H]2c2ccc(O)cc2)cc2ccccc12. The molecule has 1 amide bonds. The van der Waals surface area contributed by atoms with Crippen LogP contribution in [-0.2, 0) is 25.6 Å². The second-order valence-electron chi connectivity index (χ2n) is 10.5. The molecule has 5 rings (SSSR count). The predicted octanol–water partition coefficient (Wildman–Crippen LogP) is 4.75. The van der Waals surface area contributed by atoms with Crippen LogP contribution in [0.5, 0.6) is 11.5 Å². The maximum Gasteiger partial charge on any atom is 0.407 e. The van der Waals surface area contributed by atoms with Crippen LogP contribution in [0.3, 0.4) is 0 Å². The van der Waals surface area contributed by atoms with Crippen LogP contribution >= 0.6 is 0 Å². The Morgan fingerprint density at radius 1 is 1.05 bits per heavy atom. The first-order valence-corrected chi connectivity index (χ1v) is 13.1. The molecule has 0 bridgehead atoms. The van der Waals surface area contributed by atoms with Gasteiger partial charge in [-0.25, -0.2) is 4.79 Å². The van der Waals surface area contributed by atoms with Crippen LogP contribution < -0.4 is 4.74 Å². The normalized spacial score (nSPS) is 24.6. The Morgan fingerprint density at radius 3 is 2.44 bits per heavy atom. The van der Waals surface area contributed by atoms with Crippen LogP contribution in [0.25, 0.3) is 10.8 Å². The number of ether oxygens (including phenoxy) is 5. The average Bonchev–Trinajstić information content (AvgIpc) is 3.28. The van der Waals surface area contributed by atoms with E-state index in [4.69, 9.17) is 23.7 Å². The lowest BCUT2D eigenvalue weighted by Crippen LogP contribution is -2.54. The summed E-state index contributed by atoms with van der Waals surface area (Å²) < 4.78 is 30.0. The zero-order chi connectivity index (χ0) is 27.6. The van der Waals surface area contributed by atoms with Crippen molar-refractivity contribution in [3.05, 3.63) is 71.8 Å². The molecule has 9 nitrogen and oxygen atoms in total. The molecule has 2 aliphatic heterocycles. The van der Waals surface area contributed by atoms with Gasteiger partial charge in [0, 0.05) is 11.3 Å². The minimum atomic E-state index is -1.03. The first-order valence-electron chi connectivity index (χ1n) is 13.1. The maximum absolute atomic E-state index is 12.1. The Bertz CT molecular complexity index is 1290. The van der Waals surface area contributed by atoms with Crippen LogP contribution in [0.2, 0.25) is 0 Å². The van der Waals surface area contributed by atoms with E-state index in [-0.39, 0.29) is 44.1 Å². The molecule has 2 saturated heterocycles. The fourth-order valence-corrected chi connectivity index (χ4v) is 5.44. The number of nitrogens with zero attached hydrogens (tertiary/aromatic N) is 1. The lowest BCUT2D eigenvalue weighted by Gasteiger charge is -2.43. The third-order valence-electron chi connectivity index (χ3n) is 7.28. The summed E-state index contributed by atoms with van der Waals surface area (Å²) in [7, 11) is 1.64. The highest BCUT2D eigenvalue weighted by Crippen LogP contribution is 2.36. The minimum Gasteiger partial charge on any atom is -0.508 e. The van der Waals surface area contributed by atoms with Gasteiger partial charge in [-0.1, -0.05) is 36.4 Å². The van der Waals surface area contributed by atoms with Crippen molar-refractivity contribution < 1.29 is 38.7 Å². The van der Waals surface area contributed by atoms with Gasteiger partial charge in [0.05, 0.1) is 52.2 Å². The fraction of sp³-hybridized carbons (Fsp3) is 0.433. The second-order valence-corrected chi connectivity index (χ2v) is 10.5. The number of carboxylic acid groups (broad SMARTS) is 1. The Kier molecular flexibility index (Phi) is 7.95. The number of amides is 1. The molecule has 3 aromatic rings. The van der Waals surface area contributed by atoms with Gasteiger partial charge in [0.1, 0.15) is 17.6 Å². The van der Waals surface area contributed by atoms with E-state index >= 15 is 0 Å². The topological polar surface area (TPSA) is 107 Å². The maximum atomic E-state index is 12.1. The van der Waals surface area contributed by atoms with E-state index in [1.165, 1.54) is 4.90 Å². The van der Waals surface area contributed by atoms with Crippen LogP contribution in [0.15, 0.2) is 60.7 Å². The highest BCUT2D eigenvalue weighted by Gasteiger charge is 2.42. The van der Waals surface area contributed by atoms with Crippen molar-refractivity contribution in [3.63, 3.8) is 0 Å². The predicted molar refractivity (Wildman–Crippen MR) is 144 cm³/mol. The number of phenolic OH excluding ortho intramolecular Hbond substituents is 1. The Hall–Kier alpha value is -3.37. The molecule has 0 aromatic heterocycles. The third-order valence-corrected chi connectivity index (χ3v) is 7.28. The van der Waals surface area contributed by atoms with Crippen LogP contribution in [-0.4, -0.2) is 78.7 Å². The summed E-state index contributed by atoms with van der Waals surface area (Å²) in [6.45, 7) is 4.98. The molecular formula is C30H35NO8. The van der Waals surface area contributed by atoms with Crippen molar-refractivity contribution in [1.29, 1.82) is 0 Å². The number of aromatic hydroxyl groups is 1. The molecular weight excluding hydrogens is 502 g/mol. The van der Waals surface area contributed by atoms with Crippen molar-refractivity contribution in [3.8, 4) is 11.5 Å². The van der Waals surface area contributed by atoms with E-state index < -0.39 is 24.1 Å². The number of benzene rings is 3. The van der Waals surface area contributed by atoms with E-state index in [1.807, 2.05) is 56.3 Å². The summed E-state index contributed by atoms with van der Waals surface area (Å²) in [6, 6.07) is 18.9. The number of likely N-dealkylation sites (tertiary alicyclic amines) is 1. The highest BCUT2D eigenvalue weighted by atomic mass is 16.7. The average molecular weight is 538 g/mol. The summed E-state index contributed by atoms with van der Waals surface area (Å²) in [5.74, 6) is -0.0607. The quantitative estimate of drug-likeness (QED) is 0.424. The monoisotopic (exact) mass is 537 g/mol. The number of methoxy groups -OCH3 is 1. The molecule has 0 spiro atoms. The summed E-state index contributed by atoms with van der Waals surface area (Å²) >= 11 is 0. The van der Waals surface area contributed by atoms with Crippen molar-refractivity contribution in [2.45, 2.75) is 50.5 Å². The van der Waals surface area contributed by atoms with Crippen LogP contribution in [0.4, 0.5) is 4.79 Å². The number of phenols is 1. The van der Waals surface area contributed by atoms with Gasteiger partial charge in [0.15, 0.2) is 5.79 Å². The lowest BCUT2D eigenvalue weighted by atomic mass is 9.84. The van der Waals surface area contributed by atoms with Gasteiger partial charge >= 0.3 is 6.09 Å². The molecule has 4 atom stereocenters. The first kappa shape index (κ1) is 27.2. The zero-order valence-electron chi connectivity index (χ0n) is 22.4. The van der Waals surface area contributed by atoms with E-state index in [0.717, 1.165) is 27.6 Å². The Labute approximate surface area is 227 Å². The smallest absolute Gasteiger partial charge is 0.407 e. The highest BCUT2D eigenvalue weighted by molar-refractivity contribution is 5.89. The lowest BCUT2D eigenvalue weighted by molar-refractivity contribution is -0.153.